The minimum Gasteiger partial charge on any atom is -0.507 e. The first-order valence-corrected chi connectivity index (χ1v) is 9.74. The van der Waals surface area contributed by atoms with E-state index in [9.17, 15) is 9.90 Å². The van der Waals surface area contributed by atoms with Gasteiger partial charge in [0.2, 0.25) is 0 Å². The van der Waals surface area contributed by atoms with Crippen LogP contribution in [0.25, 0.3) is 10.8 Å². The number of nitrogens with one attached hydrogen (secondary N) is 1. The van der Waals surface area contributed by atoms with Crippen molar-refractivity contribution in [2.45, 2.75) is 6.10 Å². The molecule has 2 N–H and O–H groups in total. The van der Waals surface area contributed by atoms with E-state index in [4.69, 9.17) is 4.74 Å². The van der Waals surface area contributed by atoms with Crippen molar-refractivity contribution < 1.29 is 14.6 Å². The summed E-state index contributed by atoms with van der Waals surface area (Å²) >= 11 is 1.88. The van der Waals surface area contributed by atoms with Crippen LogP contribution in [0.5, 0.6) is 11.5 Å². The third kappa shape index (κ3) is 4.06. The van der Waals surface area contributed by atoms with Crippen LogP contribution in [0.3, 0.4) is 0 Å². The predicted octanol–water partition coefficient (Wildman–Crippen LogP) is 3.80. The molecule has 27 heavy (non-hydrogen) atoms. The van der Waals surface area contributed by atoms with E-state index in [-0.39, 0.29) is 11.3 Å². The minimum absolute atomic E-state index is 0.0722. The first kappa shape index (κ1) is 17.4. The third-order valence-electron chi connectivity index (χ3n) is 4.28. The number of hydrazone groups is 1. The molecule has 3 aromatic carbocycles. The molecule has 3 aromatic rings. The lowest BCUT2D eigenvalue weighted by molar-refractivity contribution is 0.0952. The van der Waals surface area contributed by atoms with Crippen LogP contribution < -0.4 is 10.2 Å². The zero-order chi connectivity index (χ0) is 18.6. The van der Waals surface area contributed by atoms with E-state index in [1.54, 1.807) is 18.3 Å². The molecule has 0 spiro atoms. The summed E-state index contributed by atoms with van der Waals surface area (Å²) in [5, 5.41) is 15.8. The van der Waals surface area contributed by atoms with E-state index in [0.717, 1.165) is 33.6 Å². The van der Waals surface area contributed by atoms with Gasteiger partial charge in [-0.25, -0.2) is 5.43 Å². The van der Waals surface area contributed by atoms with E-state index in [1.165, 1.54) is 0 Å². The van der Waals surface area contributed by atoms with Crippen molar-refractivity contribution in [2.24, 2.45) is 5.10 Å². The number of phenols is 1. The van der Waals surface area contributed by atoms with Crippen LogP contribution >= 0.6 is 11.8 Å². The van der Waals surface area contributed by atoms with Gasteiger partial charge in [-0.15, -0.1) is 0 Å². The Morgan fingerprint density at radius 1 is 1.11 bits per heavy atom. The number of amides is 1. The molecule has 4 rings (SSSR count). The fraction of sp³-hybridized carbons (Fsp3) is 0.143. The second-order valence-electron chi connectivity index (χ2n) is 6.26. The fourth-order valence-corrected chi connectivity index (χ4v) is 3.31. The molecule has 0 radical (unpaired) electrons. The summed E-state index contributed by atoms with van der Waals surface area (Å²) < 4.78 is 5.79. The molecule has 0 atom stereocenters. The molecule has 0 saturated carbocycles. The molecule has 6 heteroatoms. The van der Waals surface area contributed by atoms with Gasteiger partial charge in [-0.2, -0.15) is 16.9 Å². The number of hydrogen-bond acceptors (Lipinski definition) is 5. The molecular weight excluding hydrogens is 360 g/mol. The highest BCUT2D eigenvalue weighted by atomic mass is 32.2. The number of nitrogens with zero attached hydrogens (tertiary/aromatic N) is 1. The normalized spacial score (nSPS) is 14.2. The molecule has 1 saturated heterocycles. The smallest absolute Gasteiger partial charge is 0.275 e. The van der Waals surface area contributed by atoms with E-state index >= 15 is 0 Å². The molecule has 1 aliphatic rings. The van der Waals surface area contributed by atoms with Crippen molar-refractivity contribution in [2.75, 3.05) is 11.5 Å². The monoisotopic (exact) mass is 378 g/mol. The first-order valence-electron chi connectivity index (χ1n) is 8.59. The maximum atomic E-state index is 12.3. The summed E-state index contributed by atoms with van der Waals surface area (Å²) in [5.41, 5.74) is 3.48. The van der Waals surface area contributed by atoms with Crippen LogP contribution in [0, 0.1) is 0 Å². The van der Waals surface area contributed by atoms with E-state index in [1.807, 2.05) is 60.3 Å². The summed E-state index contributed by atoms with van der Waals surface area (Å²) in [6.07, 6.45) is 1.86. The lowest BCUT2D eigenvalue weighted by Gasteiger charge is -2.25. The standard InChI is InChI=1S/C21H18N2O3S/c24-20-10-16-4-2-1-3-15(16)9-19(20)21(25)23-22-11-14-5-7-17(8-6-14)26-18-12-27-13-18/h1-11,18,24H,12-13H2,(H,23,25)/b22-11+. The van der Waals surface area contributed by atoms with Gasteiger partial charge in [-0.3, -0.25) is 4.79 Å². The van der Waals surface area contributed by atoms with Crippen LogP contribution in [0.15, 0.2) is 65.8 Å². The average Bonchev–Trinajstić information content (AvgIpc) is 2.65. The number of carbonyl (C=O) groups is 1. The summed E-state index contributed by atoms with van der Waals surface area (Å²) in [6, 6.07) is 18.3. The van der Waals surface area contributed by atoms with Crippen molar-refractivity contribution in [1.82, 2.24) is 5.43 Å². The summed E-state index contributed by atoms with van der Waals surface area (Å²) in [4.78, 5) is 12.3. The Kier molecular flexibility index (Phi) is 4.98. The summed E-state index contributed by atoms with van der Waals surface area (Å²) in [5.74, 6) is 2.38. The Morgan fingerprint density at radius 2 is 1.81 bits per heavy atom. The highest BCUT2D eigenvalue weighted by Gasteiger charge is 2.19. The molecule has 136 valence electrons. The van der Waals surface area contributed by atoms with E-state index in [2.05, 4.69) is 10.5 Å². The molecule has 0 aromatic heterocycles. The highest BCUT2D eigenvalue weighted by Crippen LogP contribution is 2.25. The van der Waals surface area contributed by atoms with Crippen LogP contribution in [0.2, 0.25) is 0 Å². The van der Waals surface area contributed by atoms with Crippen LogP contribution in [-0.2, 0) is 0 Å². The number of thioether (sulfide) groups is 1. The molecule has 0 aliphatic carbocycles. The highest BCUT2D eigenvalue weighted by molar-refractivity contribution is 8.00. The van der Waals surface area contributed by atoms with Crippen LogP contribution in [0.1, 0.15) is 15.9 Å². The molecule has 1 fully saturated rings. The van der Waals surface area contributed by atoms with Gasteiger partial charge in [0.1, 0.15) is 17.6 Å². The van der Waals surface area contributed by atoms with Gasteiger partial charge in [0.25, 0.3) is 5.91 Å². The number of ether oxygens (including phenoxy) is 1. The Balaban J connectivity index is 1.40. The molecular formula is C21H18N2O3S. The van der Waals surface area contributed by atoms with Gasteiger partial charge in [0.05, 0.1) is 11.8 Å². The van der Waals surface area contributed by atoms with Crippen molar-refractivity contribution in [3.05, 3.63) is 71.8 Å². The minimum atomic E-state index is -0.461. The van der Waals surface area contributed by atoms with Gasteiger partial charge in [0.15, 0.2) is 0 Å². The number of rotatable bonds is 5. The number of fused-ring (bicyclic) bond motifs is 1. The fourth-order valence-electron chi connectivity index (χ4n) is 2.74. The average molecular weight is 378 g/mol. The van der Waals surface area contributed by atoms with Gasteiger partial charge < -0.3 is 9.84 Å². The second-order valence-corrected chi connectivity index (χ2v) is 7.34. The van der Waals surface area contributed by atoms with Gasteiger partial charge in [-0.05, 0) is 52.7 Å². The molecule has 5 nitrogen and oxygen atoms in total. The number of phenolic OH excluding ortho intramolecular Hbond substituents is 1. The van der Waals surface area contributed by atoms with Crippen molar-refractivity contribution >= 4 is 34.7 Å². The summed E-state index contributed by atoms with van der Waals surface area (Å²) in [6.45, 7) is 0. The van der Waals surface area contributed by atoms with E-state index in [0.29, 0.717) is 6.10 Å². The Hall–Kier alpha value is -2.99. The topological polar surface area (TPSA) is 70.9 Å². The Labute approximate surface area is 161 Å². The predicted molar refractivity (Wildman–Crippen MR) is 109 cm³/mol. The molecule has 1 heterocycles. The van der Waals surface area contributed by atoms with Crippen molar-refractivity contribution in [1.29, 1.82) is 0 Å². The first-order chi connectivity index (χ1) is 13.2. The maximum absolute atomic E-state index is 12.3. The Morgan fingerprint density at radius 3 is 2.48 bits per heavy atom. The largest absolute Gasteiger partial charge is 0.507 e. The number of aromatic hydroxyl groups is 1. The number of benzene rings is 3. The zero-order valence-corrected chi connectivity index (χ0v) is 15.3. The quantitative estimate of drug-likeness (QED) is 0.523. The van der Waals surface area contributed by atoms with Gasteiger partial charge in [-0.1, -0.05) is 24.3 Å². The second kappa shape index (κ2) is 7.72. The van der Waals surface area contributed by atoms with Crippen LogP contribution in [0.4, 0.5) is 0 Å². The van der Waals surface area contributed by atoms with Gasteiger partial charge in [0, 0.05) is 11.5 Å². The molecule has 0 bridgehead atoms. The molecule has 0 unspecified atom stereocenters. The maximum Gasteiger partial charge on any atom is 0.275 e. The van der Waals surface area contributed by atoms with Crippen molar-refractivity contribution in [3.63, 3.8) is 0 Å². The van der Waals surface area contributed by atoms with Crippen molar-refractivity contribution in [3.8, 4) is 11.5 Å². The number of hydrogen-bond donors (Lipinski definition) is 2. The molecule has 1 amide bonds. The zero-order valence-electron chi connectivity index (χ0n) is 14.5. The Bertz CT molecular complexity index is 998. The third-order valence-corrected chi connectivity index (χ3v) is 5.49. The van der Waals surface area contributed by atoms with Gasteiger partial charge >= 0.3 is 0 Å². The summed E-state index contributed by atoms with van der Waals surface area (Å²) in [7, 11) is 0. The molecule has 1 aliphatic heterocycles. The lowest BCUT2D eigenvalue weighted by Crippen LogP contribution is -2.30. The lowest BCUT2D eigenvalue weighted by atomic mass is 10.1. The SMILES string of the molecule is O=C(N/N=C/c1ccc(OC2CSC2)cc1)c1cc2ccccc2cc1O. The van der Waals surface area contributed by atoms with E-state index < -0.39 is 5.91 Å². The van der Waals surface area contributed by atoms with Crippen LogP contribution in [-0.4, -0.2) is 34.8 Å². The number of carbonyl (C=O) groups excluding carboxylic acids is 1.